The first-order valence-electron chi connectivity index (χ1n) is 8.61. The summed E-state index contributed by atoms with van der Waals surface area (Å²) in [4.78, 5) is 19.7. The van der Waals surface area contributed by atoms with E-state index in [1.54, 1.807) is 0 Å². The molecule has 1 amide bonds. The number of aromatic amines is 1. The van der Waals surface area contributed by atoms with Crippen LogP contribution in [0, 0.1) is 0 Å². The zero-order chi connectivity index (χ0) is 18.5. The Morgan fingerprint density at radius 1 is 0.885 bits per heavy atom. The summed E-state index contributed by atoms with van der Waals surface area (Å²) in [7, 11) is 0. The fourth-order valence-electron chi connectivity index (χ4n) is 3.30. The highest BCUT2D eigenvalue weighted by Gasteiger charge is 2.33. The number of amides is 1. The molecule has 1 aliphatic heterocycles. The van der Waals surface area contributed by atoms with Crippen LogP contribution >= 0.6 is 0 Å². The van der Waals surface area contributed by atoms with Crippen LogP contribution in [0.4, 0.5) is 0 Å². The molecule has 4 rings (SSSR count). The van der Waals surface area contributed by atoms with Crippen molar-refractivity contribution in [3.8, 4) is 17.1 Å². The summed E-state index contributed by atoms with van der Waals surface area (Å²) in [5, 5.41) is 10.5. The van der Waals surface area contributed by atoms with E-state index in [0.717, 1.165) is 11.1 Å². The maximum absolute atomic E-state index is 12.6. The summed E-state index contributed by atoms with van der Waals surface area (Å²) in [6.45, 7) is 6.46. The number of aliphatic imine (C=N–C) groups is 1. The smallest absolute Gasteiger partial charge is 0.280 e. The summed E-state index contributed by atoms with van der Waals surface area (Å²) in [5.41, 5.74) is 4.95. The molecular formula is C22H20N2O2. The fraction of sp³-hybridized carbons (Fsp3) is 0.182. The first-order chi connectivity index (χ1) is 12.4. The predicted molar refractivity (Wildman–Crippen MR) is 103 cm³/mol. The summed E-state index contributed by atoms with van der Waals surface area (Å²) in [6.07, 6.45) is 0. The molecule has 4 nitrogen and oxygen atoms in total. The third kappa shape index (κ3) is 2.54. The maximum atomic E-state index is 12.6. The number of H-pyrrole nitrogens is 1. The Morgan fingerprint density at radius 2 is 1.54 bits per heavy atom. The lowest BCUT2D eigenvalue weighted by Gasteiger charge is -2.19. The van der Waals surface area contributed by atoms with Gasteiger partial charge in [-0.1, -0.05) is 75.4 Å². The average Bonchev–Trinajstić information content (AvgIpc) is 3.14. The van der Waals surface area contributed by atoms with Crippen LogP contribution in [0.25, 0.3) is 11.3 Å². The van der Waals surface area contributed by atoms with Crippen LogP contribution in [-0.2, 0) is 5.41 Å². The number of fused-ring (bicyclic) bond motifs is 1. The van der Waals surface area contributed by atoms with Crippen LogP contribution in [0.1, 0.15) is 47.8 Å². The lowest BCUT2D eigenvalue weighted by molar-refractivity contribution is 0.101. The minimum absolute atomic E-state index is 0.0247. The third-order valence-electron chi connectivity index (χ3n) is 4.73. The standard InChI is InChI=1S/C22H20N2O2/c1-22(2,3)15-11-9-14(10-12-15)19-17-16(20(25)24-19)18(23-21(17)26)13-7-5-4-6-8-13/h4-12,23,26H,1-3H3. The van der Waals surface area contributed by atoms with Gasteiger partial charge in [-0.15, -0.1) is 0 Å². The molecular weight excluding hydrogens is 324 g/mol. The number of nitrogens with one attached hydrogen (secondary N) is 1. The summed E-state index contributed by atoms with van der Waals surface area (Å²) >= 11 is 0. The van der Waals surface area contributed by atoms with Gasteiger partial charge in [-0.25, -0.2) is 4.99 Å². The van der Waals surface area contributed by atoms with Gasteiger partial charge < -0.3 is 10.1 Å². The van der Waals surface area contributed by atoms with E-state index in [2.05, 4.69) is 30.7 Å². The van der Waals surface area contributed by atoms with Gasteiger partial charge in [0, 0.05) is 5.56 Å². The molecule has 0 radical (unpaired) electrons. The quantitative estimate of drug-likeness (QED) is 0.709. The van der Waals surface area contributed by atoms with Crippen molar-refractivity contribution in [1.82, 2.24) is 4.98 Å². The lowest BCUT2D eigenvalue weighted by atomic mass is 9.86. The first kappa shape index (κ1) is 16.3. The maximum Gasteiger partial charge on any atom is 0.280 e. The number of nitrogens with zero attached hydrogens (tertiary/aromatic N) is 1. The van der Waals surface area contributed by atoms with Crippen molar-refractivity contribution in [2.24, 2.45) is 4.99 Å². The van der Waals surface area contributed by atoms with Crippen LogP contribution in [0.3, 0.4) is 0 Å². The highest BCUT2D eigenvalue weighted by atomic mass is 16.3. The monoisotopic (exact) mass is 344 g/mol. The van der Waals surface area contributed by atoms with Gasteiger partial charge in [0.25, 0.3) is 5.91 Å². The van der Waals surface area contributed by atoms with Crippen molar-refractivity contribution >= 4 is 11.6 Å². The number of carbonyl (C=O) groups excluding carboxylic acids is 1. The molecule has 4 heteroatoms. The zero-order valence-corrected chi connectivity index (χ0v) is 15.0. The van der Waals surface area contributed by atoms with E-state index in [0.29, 0.717) is 22.5 Å². The van der Waals surface area contributed by atoms with Gasteiger partial charge in [-0.3, -0.25) is 4.79 Å². The van der Waals surface area contributed by atoms with Gasteiger partial charge in [0.15, 0.2) is 5.88 Å². The first-order valence-corrected chi connectivity index (χ1v) is 8.61. The van der Waals surface area contributed by atoms with E-state index in [-0.39, 0.29) is 17.2 Å². The largest absolute Gasteiger partial charge is 0.494 e. The average molecular weight is 344 g/mol. The molecule has 130 valence electrons. The summed E-state index contributed by atoms with van der Waals surface area (Å²) in [6, 6.07) is 17.5. The molecule has 0 saturated carbocycles. The molecule has 26 heavy (non-hydrogen) atoms. The highest BCUT2D eigenvalue weighted by molar-refractivity contribution is 6.30. The predicted octanol–water partition coefficient (Wildman–Crippen LogP) is 4.68. The lowest BCUT2D eigenvalue weighted by Crippen LogP contribution is -2.11. The zero-order valence-electron chi connectivity index (χ0n) is 15.0. The fourth-order valence-corrected chi connectivity index (χ4v) is 3.30. The number of rotatable bonds is 2. The van der Waals surface area contributed by atoms with Crippen LogP contribution < -0.4 is 0 Å². The molecule has 0 aliphatic carbocycles. The number of carbonyl (C=O) groups is 1. The molecule has 1 aromatic heterocycles. The van der Waals surface area contributed by atoms with Crippen molar-refractivity contribution in [3.63, 3.8) is 0 Å². The molecule has 0 saturated heterocycles. The Hall–Kier alpha value is -3.14. The molecule has 0 atom stereocenters. The molecule has 0 unspecified atom stereocenters. The Kier molecular flexibility index (Phi) is 3.58. The van der Waals surface area contributed by atoms with Gasteiger partial charge in [0.05, 0.1) is 22.5 Å². The second-order valence-corrected chi connectivity index (χ2v) is 7.56. The minimum atomic E-state index is -0.328. The van der Waals surface area contributed by atoms with E-state index < -0.39 is 0 Å². The van der Waals surface area contributed by atoms with Crippen molar-refractivity contribution < 1.29 is 9.90 Å². The number of hydrogen-bond acceptors (Lipinski definition) is 2. The highest BCUT2D eigenvalue weighted by Crippen LogP contribution is 2.38. The molecule has 0 bridgehead atoms. The second-order valence-electron chi connectivity index (χ2n) is 7.56. The van der Waals surface area contributed by atoms with Crippen LogP contribution in [0.15, 0.2) is 59.6 Å². The minimum Gasteiger partial charge on any atom is -0.494 e. The molecule has 2 N–H and O–H groups in total. The number of benzene rings is 2. The third-order valence-corrected chi connectivity index (χ3v) is 4.73. The molecule has 2 heterocycles. The van der Waals surface area contributed by atoms with Gasteiger partial charge in [-0.2, -0.15) is 0 Å². The summed E-state index contributed by atoms with van der Waals surface area (Å²) < 4.78 is 0. The Labute approximate surface area is 152 Å². The van der Waals surface area contributed by atoms with Crippen LogP contribution in [0.5, 0.6) is 5.88 Å². The van der Waals surface area contributed by atoms with Crippen molar-refractivity contribution in [2.45, 2.75) is 26.2 Å². The van der Waals surface area contributed by atoms with Crippen LogP contribution in [0.2, 0.25) is 0 Å². The number of aromatic nitrogens is 1. The van der Waals surface area contributed by atoms with Crippen LogP contribution in [-0.4, -0.2) is 21.7 Å². The van der Waals surface area contributed by atoms with Crippen molar-refractivity contribution in [1.29, 1.82) is 0 Å². The Balaban J connectivity index is 1.81. The van der Waals surface area contributed by atoms with E-state index >= 15 is 0 Å². The van der Waals surface area contributed by atoms with Crippen molar-refractivity contribution in [2.75, 3.05) is 0 Å². The van der Waals surface area contributed by atoms with E-state index in [4.69, 9.17) is 0 Å². The van der Waals surface area contributed by atoms with E-state index in [1.165, 1.54) is 5.56 Å². The van der Waals surface area contributed by atoms with Crippen molar-refractivity contribution in [3.05, 3.63) is 76.9 Å². The van der Waals surface area contributed by atoms with Gasteiger partial charge >= 0.3 is 0 Å². The van der Waals surface area contributed by atoms with Gasteiger partial charge in [0.1, 0.15) is 0 Å². The van der Waals surface area contributed by atoms with Gasteiger partial charge in [0.2, 0.25) is 0 Å². The molecule has 0 spiro atoms. The molecule has 2 aromatic carbocycles. The number of aromatic hydroxyl groups is 1. The molecule has 3 aromatic rings. The molecule has 1 aliphatic rings. The Bertz CT molecular complexity index is 1020. The topological polar surface area (TPSA) is 65.5 Å². The van der Waals surface area contributed by atoms with E-state index in [9.17, 15) is 9.90 Å². The molecule has 0 fully saturated rings. The van der Waals surface area contributed by atoms with E-state index in [1.807, 2.05) is 54.6 Å². The summed E-state index contributed by atoms with van der Waals surface area (Å²) in [5.74, 6) is -0.353. The van der Waals surface area contributed by atoms with Gasteiger partial charge in [-0.05, 0) is 16.5 Å². The Morgan fingerprint density at radius 3 is 2.15 bits per heavy atom. The SMILES string of the molecule is CC(C)(C)c1ccc(C2=NC(=O)c3c(-c4ccccc4)[nH]c(O)c32)cc1. The normalized spacial score (nSPS) is 13.7. The second kappa shape index (κ2) is 5.70. The number of hydrogen-bond donors (Lipinski definition) is 2.